The van der Waals surface area contributed by atoms with Crippen LogP contribution < -0.4 is 11.1 Å². The highest BCUT2D eigenvalue weighted by Gasteiger charge is 2.17. The molecule has 1 aromatic heterocycles. The number of rotatable bonds is 4. The molecule has 16 heavy (non-hydrogen) atoms. The van der Waals surface area contributed by atoms with Gasteiger partial charge in [0.2, 0.25) is 5.91 Å². The van der Waals surface area contributed by atoms with Gasteiger partial charge in [0.25, 0.3) is 0 Å². The molecule has 1 unspecified atom stereocenters. The van der Waals surface area contributed by atoms with Gasteiger partial charge in [0.15, 0.2) is 0 Å². The third-order valence-corrected chi connectivity index (χ3v) is 1.94. The zero-order chi connectivity index (χ0) is 12.1. The Kier molecular flexibility index (Phi) is 4.21. The molecule has 4 N–H and O–H groups in total. The Balaban J connectivity index is 2.60. The highest BCUT2D eigenvalue weighted by Crippen LogP contribution is 2.11. The minimum atomic E-state index is -1.14. The number of anilines is 1. The van der Waals surface area contributed by atoms with E-state index in [0.717, 1.165) is 0 Å². The van der Waals surface area contributed by atoms with E-state index in [2.05, 4.69) is 10.3 Å². The number of pyridine rings is 1. The number of amides is 1. The summed E-state index contributed by atoms with van der Waals surface area (Å²) in [5.41, 5.74) is 5.35. The standard InChI is InChI=1S/C9H10ClN3O3/c10-5-1-2-12-7(3-5)13-9(16)6(11)4-8(14)15/h1-3,6H,4,11H2,(H,14,15)(H,12,13,16). The highest BCUT2D eigenvalue weighted by molar-refractivity contribution is 6.30. The van der Waals surface area contributed by atoms with Crippen LogP contribution in [0.15, 0.2) is 18.3 Å². The number of halogens is 1. The number of carbonyl (C=O) groups is 2. The maximum Gasteiger partial charge on any atom is 0.305 e. The van der Waals surface area contributed by atoms with Gasteiger partial charge < -0.3 is 16.2 Å². The molecular formula is C9H10ClN3O3. The molecule has 0 aliphatic rings. The molecule has 0 aliphatic carbocycles. The summed E-state index contributed by atoms with van der Waals surface area (Å²) in [6.07, 6.45) is 0.979. The molecule has 0 radical (unpaired) electrons. The maximum absolute atomic E-state index is 11.4. The lowest BCUT2D eigenvalue weighted by Crippen LogP contribution is -2.37. The summed E-state index contributed by atoms with van der Waals surface area (Å²) in [5.74, 6) is -1.52. The Bertz CT molecular complexity index is 411. The number of hydrogen-bond donors (Lipinski definition) is 3. The van der Waals surface area contributed by atoms with E-state index in [4.69, 9.17) is 22.4 Å². The average molecular weight is 244 g/mol. The molecule has 0 saturated carbocycles. The smallest absolute Gasteiger partial charge is 0.305 e. The molecule has 1 heterocycles. The molecule has 6 nitrogen and oxygen atoms in total. The normalized spacial score (nSPS) is 11.9. The number of nitrogens with zero attached hydrogens (tertiary/aromatic N) is 1. The first-order chi connectivity index (χ1) is 7.49. The zero-order valence-electron chi connectivity index (χ0n) is 8.18. The largest absolute Gasteiger partial charge is 0.481 e. The minimum absolute atomic E-state index is 0.235. The Morgan fingerprint density at radius 3 is 2.88 bits per heavy atom. The van der Waals surface area contributed by atoms with E-state index < -0.39 is 24.3 Å². The summed E-state index contributed by atoms with van der Waals surface area (Å²) < 4.78 is 0. The van der Waals surface area contributed by atoms with Gasteiger partial charge in [-0.2, -0.15) is 0 Å². The van der Waals surface area contributed by atoms with Crippen LogP contribution >= 0.6 is 11.6 Å². The number of hydrogen-bond acceptors (Lipinski definition) is 4. The van der Waals surface area contributed by atoms with Crippen molar-refractivity contribution in [3.8, 4) is 0 Å². The fraction of sp³-hybridized carbons (Fsp3) is 0.222. The number of carbonyl (C=O) groups excluding carboxylic acids is 1. The molecule has 0 spiro atoms. The monoisotopic (exact) mass is 243 g/mol. The van der Waals surface area contributed by atoms with Crippen LogP contribution in [0.5, 0.6) is 0 Å². The second kappa shape index (κ2) is 5.43. The van der Waals surface area contributed by atoms with Gasteiger partial charge in [0.05, 0.1) is 12.5 Å². The molecule has 1 aromatic rings. The molecule has 1 amide bonds. The molecule has 0 saturated heterocycles. The lowest BCUT2D eigenvalue weighted by atomic mass is 10.2. The molecule has 0 fully saturated rings. The van der Waals surface area contributed by atoms with Crippen LogP contribution in [-0.4, -0.2) is 28.0 Å². The first-order valence-electron chi connectivity index (χ1n) is 4.39. The first-order valence-corrected chi connectivity index (χ1v) is 4.76. The van der Waals surface area contributed by atoms with Gasteiger partial charge in [0.1, 0.15) is 5.82 Å². The number of carboxylic acid groups (broad SMARTS) is 1. The van der Waals surface area contributed by atoms with Gasteiger partial charge in [-0.3, -0.25) is 9.59 Å². The second-order valence-electron chi connectivity index (χ2n) is 3.05. The van der Waals surface area contributed by atoms with Gasteiger partial charge in [-0.25, -0.2) is 4.98 Å². The topological polar surface area (TPSA) is 105 Å². The van der Waals surface area contributed by atoms with Crippen molar-refractivity contribution in [2.45, 2.75) is 12.5 Å². The lowest BCUT2D eigenvalue weighted by Gasteiger charge is -2.09. The van der Waals surface area contributed by atoms with E-state index in [9.17, 15) is 9.59 Å². The Labute approximate surface area is 96.4 Å². The van der Waals surface area contributed by atoms with Crippen molar-refractivity contribution in [2.75, 3.05) is 5.32 Å². The summed E-state index contributed by atoms with van der Waals surface area (Å²) in [7, 11) is 0. The molecule has 0 aliphatic heterocycles. The zero-order valence-corrected chi connectivity index (χ0v) is 8.94. The lowest BCUT2D eigenvalue weighted by molar-refractivity contribution is -0.138. The Morgan fingerprint density at radius 1 is 1.62 bits per heavy atom. The number of aliphatic carboxylic acids is 1. The number of nitrogens with two attached hydrogens (primary N) is 1. The summed E-state index contributed by atoms with van der Waals surface area (Å²) >= 11 is 5.68. The van der Waals surface area contributed by atoms with Crippen LogP contribution in [0.25, 0.3) is 0 Å². The van der Waals surface area contributed by atoms with E-state index in [1.165, 1.54) is 12.3 Å². The highest BCUT2D eigenvalue weighted by atomic mass is 35.5. The van der Waals surface area contributed by atoms with Crippen LogP contribution in [0.3, 0.4) is 0 Å². The molecule has 7 heteroatoms. The van der Waals surface area contributed by atoms with Gasteiger partial charge in [0, 0.05) is 11.2 Å². The van der Waals surface area contributed by atoms with E-state index >= 15 is 0 Å². The van der Waals surface area contributed by atoms with Crippen molar-refractivity contribution in [3.05, 3.63) is 23.4 Å². The fourth-order valence-electron chi connectivity index (χ4n) is 0.973. The number of aromatic nitrogens is 1. The molecule has 0 bridgehead atoms. The third kappa shape index (κ3) is 3.84. The van der Waals surface area contributed by atoms with E-state index in [1.807, 2.05) is 0 Å². The van der Waals surface area contributed by atoms with Crippen molar-refractivity contribution in [1.82, 2.24) is 4.98 Å². The number of carboxylic acids is 1. The van der Waals surface area contributed by atoms with Crippen molar-refractivity contribution in [3.63, 3.8) is 0 Å². The average Bonchev–Trinajstić information content (AvgIpc) is 2.16. The van der Waals surface area contributed by atoms with Crippen molar-refractivity contribution in [1.29, 1.82) is 0 Å². The van der Waals surface area contributed by atoms with Crippen LogP contribution in [0, 0.1) is 0 Å². The van der Waals surface area contributed by atoms with Gasteiger partial charge in [-0.05, 0) is 12.1 Å². The summed E-state index contributed by atoms with van der Waals surface area (Å²) in [4.78, 5) is 25.5. The van der Waals surface area contributed by atoms with E-state index in [1.54, 1.807) is 6.07 Å². The SMILES string of the molecule is NC(CC(=O)O)C(=O)Nc1cc(Cl)ccn1. The minimum Gasteiger partial charge on any atom is -0.481 e. The molecule has 86 valence electrons. The Hall–Kier alpha value is -1.66. The predicted octanol–water partition coefficient (Wildman–Crippen LogP) is 0.475. The van der Waals surface area contributed by atoms with Crippen LogP contribution in [-0.2, 0) is 9.59 Å². The maximum atomic E-state index is 11.4. The number of nitrogens with one attached hydrogen (secondary N) is 1. The van der Waals surface area contributed by atoms with E-state index in [-0.39, 0.29) is 5.82 Å². The van der Waals surface area contributed by atoms with Gasteiger partial charge >= 0.3 is 5.97 Å². The summed E-state index contributed by atoms with van der Waals surface area (Å²) in [6.45, 7) is 0. The molecule has 1 rings (SSSR count). The van der Waals surface area contributed by atoms with Crippen LogP contribution in [0.2, 0.25) is 5.02 Å². The molecule has 1 atom stereocenters. The van der Waals surface area contributed by atoms with Crippen molar-refractivity contribution in [2.24, 2.45) is 5.73 Å². The predicted molar refractivity (Wildman–Crippen MR) is 58.1 cm³/mol. The second-order valence-corrected chi connectivity index (χ2v) is 3.49. The Morgan fingerprint density at radius 2 is 2.31 bits per heavy atom. The summed E-state index contributed by atoms with van der Waals surface area (Å²) in [6, 6.07) is 1.87. The van der Waals surface area contributed by atoms with Crippen LogP contribution in [0.4, 0.5) is 5.82 Å². The van der Waals surface area contributed by atoms with E-state index in [0.29, 0.717) is 5.02 Å². The quantitative estimate of drug-likeness (QED) is 0.713. The third-order valence-electron chi connectivity index (χ3n) is 1.70. The van der Waals surface area contributed by atoms with Crippen molar-refractivity contribution < 1.29 is 14.7 Å². The first kappa shape index (κ1) is 12.4. The van der Waals surface area contributed by atoms with Gasteiger partial charge in [-0.15, -0.1) is 0 Å². The summed E-state index contributed by atoms with van der Waals surface area (Å²) in [5, 5.41) is 11.2. The van der Waals surface area contributed by atoms with Crippen LogP contribution in [0.1, 0.15) is 6.42 Å². The van der Waals surface area contributed by atoms with Gasteiger partial charge in [-0.1, -0.05) is 11.6 Å². The fourth-order valence-corrected chi connectivity index (χ4v) is 1.13. The molecule has 0 aromatic carbocycles. The van der Waals surface area contributed by atoms with Crippen molar-refractivity contribution >= 4 is 29.3 Å². The molecular weight excluding hydrogens is 234 g/mol.